The van der Waals surface area contributed by atoms with Gasteiger partial charge in [-0.3, -0.25) is 14.5 Å². The van der Waals surface area contributed by atoms with Gasteiger partial charge in [-0.25, -0.2) is 0 Å². The zero-order valence-corrected chi connectivity index (χ0v) is 17.5. The second-order valence-corrected chi connectivity index (χ2v) is 8.44. The minimum atomic E-state index is -1.11. The monoisotopic (exact) mass is 440 g/mol. The van der Waals surface area contributed by atoms with Crippen molar-refractivity contribution in [1.29, 1.82) is 0 Å². The summed E-state index contributed by atoms with van der Waals surface area (Å²) < 4.78 is 2.21. The van der Waals surface area contributed by atoms with Crippen molar-refractivity contribution in [2.24, 2.45) is 0 Å². The van der Waals surface area contributed by atoms with Crippen molar-refractivity contribution in [2.45, 2.75) is 13.8 Å². The number of carboxylic acids is 1. The number of carboxylic acid groups (broad SMARTS) is 1. The van der Waals surface area contributed by atoms with Crippen LogP contribution in [0.1, 0.15) is 17.0 Å². The molecule has 2 heterocycles. The first-order valence-electron chi connectivity index (χ1n) is 7.80. The van der Waals surface area contributed by atoms with E-state index in [9.17, 15) is 9.59 Å². The van der Waals surface area contributed by atoms with E-state index in [0.717, 1.165) is 39.3 Å². The molecule has 0 radical (unpaired) electrons. The molecule has 5 nitrogen and oxygen atoms in total. The van der Waals surface area contributed by atoms with Crippen LogP contribution in [-0.4, -0.2) is 37.3 Å². The van der Waals surface area contributed by atoms with Crippen LogP contribution in [0.4, 0.5) is 0 Å². The molecule has 0 spiro atoms. The Morgan fingerprint density at radius 1 is 1.30 bits per heavy atom. The second kappa shape index (κ2) is 7.67. The summed E-state index contributed by atoms with van der Waals surface area (Å²) in [6.45, 7) is 3.41. The summed E-state index contributed by atoms with van der Waals surface area (Å²) in [7, 11) is 0. The minimum absolute atomic E-state index is 0.239. The third-order valence-electron chi connectivity index (χ3n) is 4.07. The van der Waals surface area contributed by atoms with Crippen LogP contribution >= 0.6 is 47.2 Å². The molecule has 1 N–H and O–H groups in total. The molecule has 1 aliphatic rings. The van der Waals surface area contributed by atoms with E-state index in [1.807, 2.05) is 30.5 Å². The molecule has 2 aromatic rings. The Morgan fingerprint density at radius 2 is 2.00 bits per heavy atom. The highest BCUT2D eigenvalue weighted by Gasteiger charge is 2.33. The molecule has 3 rings (SSSR count). The molecule has 0 saturated carbocycles. The maximum Gasteiger partial charge on any atom is 0.323 e. The van der Waals surface area contributed by atoms with Gasteiger partial charge in [-0.15, -0.1) is 0 Å². The van der Waals surface area contributed by atoms with Crippen molar-refractivity contribution in [2.75, 3.05) is 6.54 Å². The normalized spacial score (nSPS) is 15.9. The number of thioether (sulfide) groups is 1. The SMILES string of the molecule is Cc1cc(/C=C2\SC(=S)N(CC(=O)O)C2=O)c(C)n1-c1ccc(Cl)cc1Cl. The zero-order valence-electron chi connectivity index (χ0n) is 14.3. The van der Waals surface area contributed by atoms with E-state index >= 15 is 0 Å². The molecule has 9 heteroatoms. The Hall–Kier alpha value is -1.80. The molecule has 1 aromatic heterocycles. The van der Waals surface area contributed by atoms with Gasteiger partial charge >= 0.3 is 5.97 Å². The predicted molar refractivity (Wildman–Crippen MR) is 113 cm³/mol. The summed E-state index contributed by atoms with van der Waals surface area (Å²) in [5.74, 6) is -1.51. The summed E-state index contributed by atoms with van der Waals surface area (Å²) >= 11 is 18.5. The molecule has 0 atom stereocenters. The number of aromatic nitrogens is 1. The standard InChI is InChI=1S/C18H14Cl2N2O3S2/c1-9-5-11(6-15-17(25)21(8-16(23)24)18(26)27-15)10(2)22(9)14-4-3-12(19)7-13(14)20/h3-7H,8H2,1-2H3,(H,23,24)/b15-6-. The first-order valence-corrected chi connectivity index (χ1v) is 9.78. The topological polar surface area (TPSA) is 62.5 Å². The van der Waals surface area contributed by atoms with Crippen molar-refractivity contribution in [3.8, 4) is 5.69 Å². The molecule has 1 aromatic carbocycles. The lowest BCUT2D eigenvalue weighted by Crippen LogP contribution is -2.33. The second-order valence-electron chi connectivity index (χ2n) is 5.92. The van der Waals surface area contributed by atoms with Crippen LogP contribution in [0.25, 0.3) is 11.8 Å². The summed E-state index contributed by atoms with van der Waals surface area (Å²) in [6.07, 6.45) is 1.73. The van der Waals surface area contributed by atoms with E-state index < -0.39 is 18.4 Å². The number of nitrogens with zero attached hydrogens (tertiary/aromatic N) is 2. The minimum Gasteiger partial charge on any atom is -0.480 e. The van der Waals surface area contributed by atoms with Crippen LogP contribution < -0.4 is 0 Å². The van der Waals surface area contributed by atoms with E-state index in [4.69, 9.17) is 40.5 Å². The van der Waals surface area contributed by atoms with Crippen LogP contribution in [0.2, 0.25) is 10.0 Å². The molecule has 0 aliphatic carbocycles. The quantitative estimate of drug-likeness (QED) is 0.551. The molecule has 1 fully saturated rings. The highest BCUT2D eigenvalue weighted by Crippen LogP contribution is 2.35. The van der Waals surface area contributed by atoms with Gasteiger partial charge < -0.3 is 9.67 Å². The van der Waals surface area contributed by atoms with Gasteiger partial charge in [-0.2, -0.15) is 0 Å². The van der Waals surface area contributed by atoms with Crippen LogP contribution in [-0.2, 0) is 9.59 Å². The average molecular weight is 441 g/mol. The first kappa shape index (κ1) is 19.9. The Labute approximate surface area is 175 Å². The number of aliphatic carboxylic acids is 1. The number of hydrogen-bond donors (Lipinski definition) is 1. The lowest BCUT2D eigenvalue weighted by Gasteiger charge is -2.12. The van der Waals surface area contributed by atoms with Crippen molar-refractivity contribution in [3.05, 3.63) is 56.2 Å². The van der Waals surface area contributed by atoms with Crippen LogP contribution in [0.3, 0.4) is 0 Å². The number of aryl methyl sites for hydroxylation is 1. The molecule has 27 heavy (non-hydrogen) atoms. The molecular formula is C18H14Cl2N2O3S2. The molecule has 1 aliphatic heterocycles. The Bertz CT molecular complexity index is 1010. The number of amides is 1. The number of thiocarbonyl (C=S) groups is 1. The lowest BCUT2D eigenvalue weighted by atomic mass is 10.2. The Kier molecular flexibility index (Phi) is 5.67. The van der Waals surface area contributed by atoms with Crippen molar-refractivity contribution >= 4 is 69.5 Å². The highest BCUT2D eigenvalue weighted by molar-refractivity contribution is 8.26. The van der Waals surface area contributed by atoms with Crippen LogP contribution in [0, 0.1) is 13.8 Å². The van der Waals surface area contributed by atoms with Gasteiger partial charge in [0.2, 0.25) is 0 Å². The van der Waals surface area contributed by atoms with Crippen molar-refractivity contribution in [1.82, 2.24) is 9.47 Å². The fraction of sp³-hybridized carbons (Fsp3) is 0.167. The number of benzene rings is 1. The van der Waals surface area contributed by atoms with Gasteiger partial charge in [0, 0.05) is 16.4 Å². The number of rotatable bonds is 4. The van der Waals surface area contributed by atoms with Crippen LogP contribution in [0.5, 0.6) is 0 Å². The van der Waals surface area contributed by atoms with Gasteiger partial charge in [-0.05, 0) is 49.8 Å². The maximum atomic E-state index is 12.5. The molecule has 1 amide bonds. The molecule has 0 bridgehead atoms. The van der Waals surface area contributed by atoms with E-state index in [0.29, 0.717) is 15.0 Å². The molecule has 1 saturated heterocycles. The number of halogens is 2. The van der Waals surface area contributed by atoms with Crippen molar-refractivity contribution < 1.29 is 14.7 Å². The van der Waals surface area contributed by atoms with Crippen LogP contribution in [0.15, 0.2) is 29.2 Å². The molecule has 140 valence electrons. The van der Waals surface area contributed by atoms with Gasteiger partial charge in [0.1, 0.15) is 10.9 Å². The van der Waals surface area contributed by atoms with E-state index in [1.54, 1.807) is 18.2 Å². The highest BCUT2D eigenvalue weighted by atomic mass is 35.5. The first-order chi connectivity index (χ1) is 12.7. The van der Waals surface area contributed by atoms with Gasteiger partial charge in [-0.1, -0.05) is 47.2 Å². The third-order valence-corrected chi connectivity index (χ3v) is 5.99. The lowest BCUT2D eigenvalue weighted by molar-refractivity contribution is -0.140. The van der Waals surface area contributed by atoms with E-state index in [1.165, 1.54) is 0 Å². The molecular weight excluding hydrogens is 427 g/mol. The van der Waals surface area contributed by atoms with E-state index in [2.05, 4.69) is 0 Å². The predicted octanol–water partition coefficient (Wildman–Crippen LogP) is 4.69. The number of hydrogen-bond acceptors (Lipinski definition) is 4. The van der Waals surface area contributed by atoms with E-state index in [-0.39, 0.29) is 4.32 Å². The van der Waals surface area contributed by atoms with Gasteiger partial charge in [0.25, 0.3) is 5.91 Å². The maximum absolute atomic E-state index is 12.5. The van der Waals surface area contributed by atoms with Gasteiger partial charge in [0.05, 0.1) is 15.6 Å². The third kappa shape index (κ3) is 3.91. The summed E-state index contributed by atoms with van der Waals surface area (Å²) in [5, 5.41) is 10.0. The number of carbonyl (C=O) groups excluding carboxylic acids is 1. The van der Waals surface area contributed by atoms with Crippen molar-refractivity contribution in [3.63, 3.8) is 0 Å². The number of carbonyl (C=O) groups is 2. The smallest absolute Gasteiger partial charge is 0.323 e. The van der Waals surface area contributed by atoms with Gasteiger partial charge in [0.15, 0.2) is 0 Å². The Morgan fingerprint density at radius 3 is 2.63 bits per heavy atom. The zero-order chi connectivity index (χ0) is 19.9. The summed E-state index contributed by atoms with van der Waals surface area (Å²) in [5.41, 5.74) is 3.44. The summed E-state index contributed by atoms with van der Waals surface area (Å²) in [6, 6.07) is 7.21. The molecule has 0 unspecified atom stereocenters. The average Bonchev–Trinajstić information content (AvgIpc) is 2.99. The summed E-state index contributed by atoms with van der Waals surface area (Å²) in [4.78, 5) is 24.9. The fourth-order valence-electron chi connectivity index (χ4n) is 2.88. The fourth-order valence-corrected chi connectivity index (χ4v) is 4.62. The Balaban J connectivity index is 2.00. The largest absolute Gasteiger partial charge is 0.480 e.